The van der Waals surface area contributed by atoms with Gasteiger partial charge in [0.2, 0.25) is 0 Å². The van der Waals surface area contributed by atoms with Gasteiger partial charge in [-0.15, -0.1) is 0 Å². The fourth-order valence-corrected chi connectivity index (χ4v) is 2.19. The van der Waals surface area contributed by atoms with Crippen LogP contribution in [-0.4, -0.2) is 23.7 Å². The van der Waals surface area contributed by atoms with Crippen molar-refractivity contribution in [3.63, 3.8) is 0 Å². The zero-order chi connectivity index (χ0) is 13.8. The van der Waals surface area contributed by atoms with Gasteiger partial charge in [-0.2, -0.15) is 0 Å². The monoisotopic (exact) mass is 269 g/mol. The Morgan fingerprint density at radius 2 is 2.20 bits per heavy atom. The summed E-state index contributed by atoms with van der Waals surface area (Å²) >= 11 is 0. The first-order chi connectivity index (χ1) is 9.81. The number of nitrogens with zero attached hydrogens (tertiary/aromatic N) is 1. The highest BCUT2D eigenvalue weighted by Gasteiger charge is 2.22. The molecule has 2 aromatic rings. The molecule has 5 heteroatoms. The van der Waals surface area contributed by atoms with Gasteiger partial charge in [0.15, 0.2) is 0 Å². The molecule has 102 valence electrons. The Bertz CT molecular complexity index is 576. The van der Waals surface area contributed by atoms with E-state index >= 15 is 0 Å². The van der Waals surface area contributed by atoms with Gasteiger partial charge in [-0.25, -0.2) is 4.79 Å². The second-order valence-electron chi connectivity index (χ2n) is 4.63. The minimum absolute atomic E-state index is 0.00736. The quantitative estimate of drug-likeness (QED) is 0.898. The Balaban J connectivity index is 1.48. The summed E-state index contributed by atoms with van der Waals surface area (Å²) in [7, 11) is 0. The van der Waals surface area contributed by atoms with Gasteiger partial charge in [0.25, 0.3) is 0 Å². The van der Waals surface area contributed by atoms with Crippen molar-refractivity contribution >= 4 is 11.7 Å². The number of urea groups is 1. The first-order valence-electron chi connectivity index (χ1n) is 6.51. The third kappa shape index (κ3) is 2.88. The van der Waals surface area contributed by atoms with Crippen LogP contribution < -0.4 is 15.4 Å². The summed E-state index contributed by atoms with van der Waals surface area (Å²) in [4.78, 5) is 15.7. The standard InChI is InChI=1S/C15H15N3O2/c19-15(18-12-5-3-7-16-9-12)17-10-13-8-11-4-1-2-6-14(11)20-13/h1-7,9,13H,8,10H2,(H2,17,18,19)/t13-/m1/s1. The van der Waals surface area contributed by atoms with Crippen molar-refractivity contribution in [3.05, 3.63) is 54.4 Å². The molecule has 1 aromatic heterocycles. The lowest BCUT2D eigenvalue weighted by atomic mass is 10.1. The smallest absolute Gasteiger partial charge is 0.319 e. The Kier molecular flexibility index (Phi) is 3.50. The fraction of sp³-hybridized carbons (Fsp3) is 0.200. The van der Waals surface area contributed by atoms with Crippen LogP contribution in [0.2, 0.25) is 0 Å². The van der Waals surface area contributed by atoms with Crippen LogP contribution in [0.5, 0.6) is 5.75 Å². The number of para-hydroxylation sites is 1. The van der Waals surface area contributed by atoms with E-state index in [0.29, 0.717) is 12.2 Å². The molecule has 3 rings (SSSR count). The number of hydrogen-bond donors (Lipinski definition) is 2. The first-order valence-corrected chi connectivity index (χ1v) is 6.51. The topological polar surface area (TPSA) is 63.2 Å². The van der Waals surface area contributed by atoms with Crippen molar-refractivity contribution in [2.45, 2.75) is 12.5 Å². The molecule has 0 unspecified atom stereocenters. The zero-order valence-corrected chi connectivity index (χ0v) is 10.9. The van der Waals surface area contributed by atoms with Crippen molar-refractivity contribution in [2.75, 3.05) is 11.9 Å². The summed E-state index contributed by atoms with van der Waals surface area (Å²) in [6.07, 6.45) is 4.07. The summed E-state index contributed by atoms with van der Waals surface area (Å²) in [6.45, 7) is 0.473. The fourth-order valence-electron chi connectivity index (χ4n) is 2.19. The Labute approximate surface area is 117 Å². The molecular weight excluding hydrogens is 254 g/mol. The average Bonchev–Trinajstić information content (AvgIpc) is 2.89. The molecule has 0 saturated carbocycles. The van der Waals surface area contributed by atoms with Gasteiger partial charge in [0.05, 0.1) is 18.4 Å². The lowest BCUT2D eigenvalue weighted by Crippen LogP contribution is -2.37. The summed E-state index contributed by atoms with van der Waals surface area (Å²) in [5.41, 5.74) is 1.85. The van der Waals surface area contributed by atoms with E-state index < -0.39 is 0 Å². The molecule has 0 fully saturated rings. The van der Waals surface area contributed by atoms with Crippen LogP contribution in [0.15, 0.2) is 48.8 Å². The maximum Gasteiger partial charge on any atom is 0.319 e. The van der Waals surface area contributed by atoms with Gasteiger partial charge in [0, 0.05) is 12.6 Å². The minimum Gasteiger partial charge on any atom is -0.488 e. The third-order valence-electron chi connectivity index (χ3n) is 3.12. The first kappa shape index (κ1) is 12.5. The van der Waals surface area contributed by atoms with Crippen LogP contribution in [-0.2, 0) is 6.42 Å². The number of amides is 2. The van der Waals surface area contributed by atoms with Gasteiger partial charge in [-0.05, 0) is 23.8 Å². The molecule has 0 radical (unpaired) electrons. The van der Waals surface area contributed by atoms with Gasteiger partial charge in [-0.1, -0.05) is 18.2 Å². The molecule has 1 aliphatic rings. The van der Waals surface area contributed by atoms with Gasteiger partial charge in [-0.3, -0.25) is 4.98 Å². The normalized spacial score (nSPS) is 16.1. The molecule has 20 heavy (non-hydrogen) atoms. The van der Waals surface area contributed by atoms with Crippen molar-refractivity contribution in [2.24, 2.45) is 0 Å². The van der Waals surface area contributed by atoms with E-state index in [9.17, 15) is 4.79 Å². The SMILES string of the molecule is O=C(NC[C@H]1Cc2ccccc2O1)Nc1cccnc1. The van der Waals surface area contributed by atoms with Crippen molar-refractivity contribution < 1.29 is 9.53 Å². The van der Waals surface area contributed by atoms with E-state index in [4.69, 9.17) is 4.74 Å². The highest BCUT2D eigenvalue weighted by Crippen LogP contribution is 2.27. The Hall–Kier alpha value is -2.56. The number of carbonyl (C=O) groups excluding carboxylic acids is 1. The van der Waals surface area contributed by atoms with Crippen molar-refractivity contribution in [1.82, 2.24) is 10.3 Å². The predicted octanol–water partition coefficient (Wildman–Crippen LogP) is 2.21. The maximum absolute atomic E-state index is 11.7. The summed E-state index contributed by atoms with van der Waals surface area (Å²) in [5, 5.41) is 5.52. The van der Waals surface area contributed by atoms with E-state index in [1.54, 1.807) is 24.5 Å². The minimum atomic E-state index is -0.252. The highest BCUT2D eigenvalue weighted by atomic mass is 16.5. The number of carbonyl (C=O) groups is 1. The molecule has 2 N–H and O–H groups in total. The van der Waals surface area contributed by atoms with E-state index in [1.807, 2.05) is 24.3 Å². The van der Waals surface area contributed by atoms with Gasteiger partial charge < -0.3 is 15.4 Å². The predicted molar refractivity (Wildman–Crippen MR) is 75.8 cm³/mol. The number of benzene rings is 1. The molecule has 0 spiro atoms. The van der Waals surface area contributed by atoms with Crippen LogP contribution >= 0.6 is 0 Å². The zero-order valence-electron chi connectivity index (χ0n) is 10.9. The van der Waals surface area contributed by atoms with E-state index in [1.165, 1.54) is 5.56 Å². The molecule has 2 amide bonds. The van der Waals surface area contributed by atoms with E-state index in [0.717, 1.165) is 12.2 Å². The molecule has 2 heterocycles. The van der Waals surface area contributed by atoms with Crippen LogP contribution in [0.4, 0.5) is 10.5 Å². The average molecular weight is 269 g/mol. The Morgan fingerprint density at radius 1 is 1.30 bits per heavy atom. The van der Waals surface area contributed by atoms with E-state index in [2.05, 4.69) is 15.6 Å². The molecular formula is C15H15N3O2. The Morgan fingerprint density at radius 3 is 3.00 bits per heavy atom. The van der Waals surface area contributed by atoms with Gasteiger partial charge in [0.1, 0.15) is 11.9 Å². The number of hydrogen-bond acceptors (Lipinski definition) is 3. The summed E-state index contributed by atoms with van der Waals surface area (Å²) < 4.78 is 5.75. The van der Waals surface area contributed by atoms with Crippen LogP contribution in [0.1, 0.15) is 5.56 Å². The molecule has 1 atom stereocenters. The number of ether oxygens (including phenoxy) is 1. The maximum atomic E-state index is 11.7. The number of nitrogens with one attached hydrogen (secondary N) is 2. The number of pyridine rings is 1. The highest BCUT2D eigenvalue weighted by molar-refractivity contribution is 5.88. The third-order valence-corrected chi connectivity index (χ3v) is 3.12. The van der Waals surface area contributed by atoms with Crippen LogP contribution in [0, 0.1) is 0 Å². The summed E-state index contributed by atoms with van der Waals surface area (Å²) in [5.74, 6) is 0.909. The molecule has 5 nitrogen and oxygen atoms in total. The number of rotatable bonds is 3. The lowest BCUT2D eigenvalue weighted by Gasteiger charge is -2.12. The molecule has 0 saturated heterocycles. The number of aromatic nitrogens is 1. The molecule has 0 aliphatic carbocycles. The summed E-state index contributed by atoms with van der Waals surface area (Å²) in [6, 6.07) is 11.2. The van der Waals surface area contributed by atoms with Crippen molar-refractivity contribution in [1.29, 1.82) is 0 Å². The molecule has 1 aromatic carbocycles. The van der Waals surface area contributed by atoms with Crippen LogP contribution in [0.25, 0.3) is 0 Å². The largest absolute Gasteiger partial charge is 0.488 e. The second kappa shape index (κ2) is 5.61. The number of anilines is 1. The lowest BCUT2D eigenvalue weighted by molar-refractivity contribution is 0.219. The number of fused-ring (bicyclic) bond motifs is 1. The second-order valence-corrected chi connectivity index (χ2v) is 4.63. The molecule has 0 bridgehead atoms. The molecule has 1 aliphatic heterocycles. The van der Waals surface area contributed by atoms with Crippen molar-refractivity contribution in [3.8, 4) is 5.75 Å². The van der Waals surface area contributed by atoms with Gasteiger partial charge >= 0.3 is 6.03 Å². The van der Waals surface area contributed by atoms with Crippen LogP contribution in [0.3, 0.4) is 0 Å². The van der Waals surface area contributed by atoms with E-state index in [-0.39, 0.29) is 12.1 Å².